The molecule has 108 valence electrons. The number of hydrogen-bond acceptors (Lipinski definition) is 2. The quantitative estimate of drug-likeness (QED) is 0.931. The molecule has 4 nitrogen and oxygen atoms in total. The number of carboxylic acids is 1. The van der Waals surface area contributed by atoms with Crippen molar-refractivity contribution in [3.63, 3.8) is 0 Å². The summed E-state index contributed by atoms with van der Waals surface area (Å²) >= 11 is 6.10. The smallest absolute Gasteiger partial charge is 0.337 e. The zero-order valence-electron chi connectivity index (χ0n) is 11.6. The molecule has 0 saturated heterocycles. The Kier molecular flexibility index (Phi) is 4.29. The molecule has 1 N–H and O–H groups in total. The number of carbonyl (C=O) groups is 2. The zero-order valence-corrected chi connectivity index (χ0v) is 12.4. The van der Waals surface area contributed by atoms with Crippen LogP contribution in [0, 0.1) is 6.92 Å². The number of nitrogens with zero attached hydrogens (tertiary/aromatic N) is 1. The largest absolute Gasteiger partial charge is 0.478 e. The summed E-state index contributed by atoms with van der Waals surface area (Å²) in [5, 5.41) is 9.82. The molecule has 0 spiro atoms. The fraction of sp³-hybridized carbons (Fsp3) is 0.125. The van der Waals surface area contributed by atoms with Crippen LogP contribution in [0.25, 0.3) is 0 Å². The van der Waals surface area contributed by atoms with E-state index in [-0.39, 0.29) is 11.5 Å². The van der Waals surface area contributed by atoms with Crippen molar-refractivity contribution >= 4 is 34.9 Å². The van der Waals surface area contributed by atoms with E-state index in [0.717, 1.165) is 5.56 Å². The predicted molar refractivity (Wildman–Crippen MR) is 82.4 cm³/mol. The van der Waals surface area contributed by atoms with Crippen LogP contribution in [-0.2, 0) is 4.79 Å². The topological polar surface area (TPSA) is 57.6 Å². The van der Waals surface area contributed by atoms with E-state index < -0.39 is 5.97 Å². The van der Waals surface area contributed by atoms with Crippen molar-refractivity contribution in [2.24, 2.45) is 0 Å². The highest BCUT2D eigenvalue weighted by Gasteiger charge is 2.22. The number of anilines is 2. The highest BCUT2D eigenvalue weighted by Crippen LogP contribution is 2.34. The second-order valence-electron chi connectivity index (χ2n) is 4.56. The maximum absolute atomic E-state index is 12.1. The minimum Gasteiger partial charge on any atom is -0.478 e. The van der Waals surface area contributed by atoms with Gasteiger partial charge in [0.15, 0.2) is 0 Å². The molecule has 0 unspecified atom stereocenters. The summed E-state index contributed by atoms with van der Waals surface area (Å²) in [6.45, 7) is 3.18. The third-order valence-electron chi connectivity index (χ3n) is 3.17. The second kappa shape index (κ2) is 5.97. The maximum atomic E-state index is 12.1. The molecular formula is C16H14ClNO3. The van der Waals surface area contributed by atoms with Crippen LogP contribution in [-0.4, -0.2) is 17.0 Å². The molecule has 0 radical (unpaired) electrons. The molecule has 0 aliphatic heterocycles. The number of aromatic carboxylic acids is 1. The van der Waals surface area contributed by atoms with E-state index in [0.29, 0.717) is 16.4 Å². The number of halogens is 1. The van der Waals surface area contributed by atoms with E-state index in [2.05, 4.69) is 0 Å². The summed E-state index contributed by atoms with van der Waals surface area (Å²) in [6.07, 6.45) is 0. The number of carbonyl (C=O) groups excluding carboxylic acids is 1. The van der Waals surface area contributed by atoms with Crippen molar-refractivity contribution in [3.8, 4) is 0 Å². The Labute approximate surface area is 127 Å². The first-order chi connectivity index (χ1) is 9.93. The number of hydrogen-bond donors (Lipinski definition) is 1. The van der Waals surface area contributed by atoms with E-state index in [1.165, 1.54) is 17.9 Å². The van der Waals surface area contributed by atoms with E-state index >= 15 is 0 Å². The molecule has 0 fully saturated rings. The number of para-hydroxylation sites is 1. The monoisotopic (exact) mass is 303 g/mol. The SMILES string of the molecule is CC(=O)N(c1ccccc1C(=O)O)c1cccc(Cl)c1C. The molecule has 0 aliphatic rings. The Hall–Kier alpha value is -2.33. The second-order valence-corrected chi connectivity index (χ2v) is 4.97. The van der Waals surface area contributed by atoms with Gasteiger partial charge in [-0.1, -0.05) is 29.8 Å². The van der Waals surface area contributed by atoms with Crippen LogP contribution in [0.4, 0.5) is 11.4 Å². The van der Waals surface area contributed by atoms with Gasteiger partial charge in [0, 0.05) is 11.9 Å². The maximum Gasteiger partial charge on any atom is 0.337 e. The fourth-order valence-corrected chi connectivity index (χ4v) is 2.33. The molecule has 0 saturated carbocycles. The molecule has 0 atom stereocenters. The number of benzene rings is 2. The van der Waals surface area contributed by atoms with Gasteiger partial charge in [0.05, 0.1) is 16.9 Å². The standard InChI is InChI=1S/C16H14ClNO3/c1-10-13(17)7-5-9-14(10)18(11(2)19)15-8-4-3-6-12(15)16(20)21/h3-9H,1-2H3,(H,20,21). The van der Waals surface area contributed by atoms with Crippen LogP contribution in [0.2, 0.25) is 5.02 Å². The van der Waals surface area contributed by atoms with Crippen molar-refractivity contribution in [2.45, 2.75) is 13.8 Å². The van der Waals surface area contributed by atoms with Crippen molar-refractivity contribution in [1.82, 2.24) is 0 Å². The highest BCUT2D eigenvalue weighted by atomic mass is 35.5. The van der Waals surface area contributed by atoms with E-state index in [1.807, 2.05) is 0 Å². The summed E-state index contributed by atoms with van der Waals surface area (Å²) in [4.78, 5) is 24.8. The third-order valence-corrected chi connectivity index (χ3v) is 3.58. The van der Waals surface area contributed by atoms with Crippen LogP contribution in [0.1, 0.15) is 22.8 Å². The van der Waals surface area contributed by atoms with Gasteiger partial charge in [-0.3, -0.25) is 9.69 Å². The lowest BCUT2D eigenvalue weighted by atomic mass is 10.1. The number of carboxylic acid groups (broad SMARTS) is 1. The van der Waals surface area contributed by atoms with Gasteiger partial charge in [0.1, 0.15) is 0 Å². The Balaban J connectivity index is 2.69. The zero-order chi connectivity index (χ0) is 15.6. The van der Waals surface area contributed by atoms with Crippen LogP contribution >= 0.6 is 11.6 Å². The Morgan fingerprint density at radius 1 is 1.05 bits per heavy atom. The van der Waals surface area contributed by atoms with Gasteiger partial charge in [-0.25, -0.2) is 4.79 Å². The molecule has 5 heteroatoms. The van der Waals surface area contributed by atoms with Crippen LogP contribution in [0.3, 0.4) is 0 Å². The first-order valence-electron chi connectivity index (χ1n) is 6.31. The number of amides is 1. The molecule has 2 rings (SSSR count). The van der Waals surface area contributed by atoms with E-state index in [9.17, 15) is 14.7 Å². The average Bonchev–Trinajstić information content (AvgIpc) is 2.44. The summed E-state index contributed by atoms with van der Waals surface area (Å²) in [5.74, 6) is -1.37. The molecule has 2 aromatic carbocycles. The lowest BCUT2D eigenvalue weighted by Gasteiger charge is -2.25. The van der Waals surface area contributed by atoms with Crippen molar-refractivity contribution in [2.75, 3.05) is 4.90 Å². The van der Waals surface area contributed by atoms with E-state index in [1.54, 1.807) is 43.3 Å². The van der Waals surface area contributed by atoms with Crippen LogP contribution in [0.5, 0.6) is 0 Å². The first kappa shape index (κ1) is 15.1. The Bertz CT molecular complexity index is 712. The van der Waals surface area contributed by atoms with Gasteiger partial charge < -0.3 is 5.11 Å². The third kappa shape index (κ3) is 2.90. The first-order valence-corrected chi connectivity index (χ1v) is 6.69. The predicted octanol–water partition coefficient (Wildman–Crippen LogP) is 4.03. The lowest BCUT2D eigenvalue weighted by molar-refractivity contribution is -0.115. The highest BCUT2D eigenvalue weighted by molar-refractivity contribution is 6.31. The minimum atomic E-state index is -1.09. The molecule has 0 heterocycles. The van der Waals surface area contributed by atoms with Crippen molar-refractivity contribution in [1.29, 1.82) is 0 Å². The molecular weight excluding hydrogens is 290 g/mol. The molecule has 21 heavy (non-hydrogen) atoms. The van der Waals surface area contributed by atoms with E-state index in [4.69, 9.17) is 11.6 Å². The van der Waals surface area contributed by atoms with Crippen molar-refractivity contribution in [3.05, 3.63) is 58.6 Å². The van der Waals surface area contributed by atoms with Crippen molar-refractivity contribution < 1.29 is 14.7 Å². The summed E-state index contributed by atoms with van der Waals surface area (Å²) in [6, 6.07) is 11.6. The average molecular weight is 304 g/mol. The van der Waals surface area contributed by atoms with Crippen LogP contribution in [0.15, 0.2) is 42.5 Å². The Morgan fingerprint density at radius 3 is 2.29 bits per heavy atom. The summed E-state index contributed by atoms with van der Waals surface area (Å²) in [5.41, 5.74) is 1.67. The molecule has 0 bridgehead atoms. The lowest BCUT2D eigenvalue weighted by Crippen LogP contribution is -2.25. The summed E-state index contributed by atoms with van der Waals surface area (Å²) in [7, 11) is 0. The molecule has 0 aromatic heterocycles. The Morgan fingerprint density at radius 2 is 1.67 bits per heavy atom. The minimum absolute atomic E-state index is 0.0621. The van der Waals surface area contributed by atoms with Crippen LogP contribution < -0.4 is 4.90 Å². The molecule has 2 aromatic rings. The van der Waals surface area contributed by atoms with Gasteiger partial charge >= 0.3 is 5.97 Å². The van der Waals surface area contributed by atoms with Gasteiger partial charge in [-0.05, 0) is 36.8 Å². The normalized spacial score (nSPS) is 10.2. The molecule has 1 amide bonds. The van der Waals surface area contributed by atoms with Gasteiger partial charge in [-0.15, -0.1) is 0 Å². The van der Waals surface area contributed by atoms with Gasteiger partial charge in [0.2, 0.25) is 5.91 Å². The van der Waals surface area contributed by atoms with Gasteiger partial charge in [-0.2, -0.15) is 0 Å². The van der Waals surface area contributed by atoms with Gasteiger partial charge in [0.25, 0.3) is 0 Å². The molecule has 0 aliphatic carbocycles. The summed E-state index contributed by atoms with van der Waals surface area (Å²) < 4.78 is 0. The fourth-order valence-electron chi connectivity index (χ4n) is 2.16. The number of rotatable bonds is 3.